The van der Waals surface area contributed by atoms with E-state index in [9.17, 15) is 5.11 Å². The molecule has 4 rings (SSSR count). The number of phenols is 1. The van der Waals surface area contributed by atoms with Crippen LogP contribution in [-0.4, -0.2) is 17.4 Å². The Balaban J connectivity index is 1.59. The molecule has 0 atom stereocenters. The van der Waals surface area contributed by atoms with Gasteiger partial charge in [-0.05, 0) is 54.4 Å². The predicted octanol–water partition coefficient (Wildman–Crippen LogP) is 6.26. The molecule has 0 fully saturated rings. The Hall–Kier alpha value is -3.44. The SMILES string of the molecule is COc1ccc(-c2c(C)noc2-c2ccc(OCc3ccc(Cl)cc3)cc2O)cc1. The van der Waals surface area contributed by atoms with Gasteiger partial charge in [-0.2, -0.15) is 0 Å². The lowest BCUT2D eigenvalue weighted by molar-refractivity contribution is 0.304. The average Bonchev–Trinajstić information content (AvgIpc) is 3.14. The summed E-state index contributed by atoms with van der Waals surface area (Å²) in [7, 11) is 1.62. The minimum atomic E-state index is 0.0505. The molecular formula is C24H20ClNO4. The lowest BCUT2D eigenvalue weighted by Crippen LogP contribution is -1.95. The van der Waals surface area contributed by atoms with Crippen molar-refractivity contribution in [3.8, 4) is 39.7 Å². The van der Waals surface area contributed by atoms with Gasteiger partial charge in [-0.3, -0.25) is 0 Å². The molecular weight excluding hydrogens is 402 g/mol. The van der Waals surface area contributed by atoms with Gasteiger partial charge in [-0.15, -0.1) is 0 Å². The van der Waals surface area contributed by atoms with Crippen molar-refractivity contribution in [2.24, 2.45) is 0 Å². The van der Waals surface area contributed by atoms with Crippen LogP contribution in [0.3, 0.4) is 0 Å². The highest BCUT2D eigenvalue weighted by Gasteiger charge is 2.20. The number of benzene rings is 3. The number of ether oxygens (including phenoxy) is 2. The second-order valence-corrected chi connectivity index (χ2v) is 7.23. The molecule has 30 heavy (non-hydrogen) atoms. The normalized spacial score (nSPS) is 10.8. The molecule has 152 valence electrons. The zero-order valence-electron chi connectivity index (χ0n) is 16.6. The number of hydrogen-bond acceptors (Lipinski definition) is 5. The van der Waals surface area contributed by atoms with Crippen LogP contribution < -0.4 is 9.47 Å². The Kier molecular flexibility index (Phi) is 5.63. The molecule has 4 aromatic rings. The largest absolute Gasteiger partial charge is 0.507 e. The van der Waals surface area contributed by atoms with Gasteiger partial charge in [0, 0.05) is 11.1 Å². The van der Waals surface area contributed by atoms with Gasteiger partial charge in [-0.25, -0.2) is 0 Å². The molecule has 0 aliphatic rings. The van der Waals surface area contributed by atoms with E-state index in [4.69, 9.17) is 25.6 Å². The van der Waals surface area contributed by atoms with Crippen LogP contribution in [0, 0.1) is 6.92 Å². The van der Waals surface area contributed by atoms with E-state index in [0.29, 0.717) is 28.7 Å². The number of hydrogen-bond donors (Lipinski definition) is 1. The molecule has 0 spiro atoms. The molecule has 0 aliphatic carbocycles. The van der Waals surface area contributed by atoms with Gasteiger partial charge in [0.05, 0.1) is 23.9 Å². The van der Waals surface area contributed by atoms with E-state index >= 15 is 0 Å². The van der Waals surface area contributed by atoms with Gasteiger partial charge in [0.1, 0.15) is 23.9 Å². The van der Waals surface area contributed by atoms with Gasteiger partial charge < -0.3 is 19.1 Å². The van der Waals surface area contributed by atoms with Crippen LogP contribution in [0.2, 0.25) is 5.02 Å². The zero-order chi connectivity index (χ0) is 21.1. The van der Waals surface area contributed by atoms with Crippen LogP contribution in [0.5, 0.6) is 17.2 Å². The molecule has 3 aromatic carbocycles. The molecule has 0 aliphatic heterocycles. The van der Waals surface area contributed by atoms with Crippen LogP contribution >= 0.6 is 11.6 Å². The van der Waals surface area contributed by atoms with Gasteiger partial charge in [0.15, 0.2) is 5.76 Å². The number of phenolic OH excluding ortho intramolecular Hbond substituents is 1. The smallest absolute Gasteiger partial charge is 0.178 e. The Bertz CT molecular complexity index is 1150. The summed E-state index contributed by atoms with van der Waals surface area (Å²) in [6, 6.07) is 20.2. The maximum absolute atomic E-state index is 10.6. The van der Waals surface area contributed by atoms with Crippen LogP contribution in [0.4, 0.5) is 0 Å². The second-order valence-electron chi connectivity index (χ2n) is 6.79. The molecule has 5 nitrogen and oxygen atoms in total. The summed E-state index contributed by atoms with van der Waals surface area (Å²) in [4.78, 5) is 0. The van der Waals surface area contributed by atoms with E-state index in [2.05, 4.69) is 5.16 Å². The summed E-state index contributed by atoms with van der Waals surface area (Å²) < 4.78 is 16.6. The molecule has 1 heterocycles. The minimum absolute atomic E-state index is 0.0505. The number of aryl methyl sites for hydroxylation is 1. The van der Waals surface area contributed by atoms with E-state index in [0.717, 1.165) is 28.1 Å². The summed E-state index contributed by atoms with van der Waals surface area (Å²) in [6.07, 6.45) is 0. The number of nitrogens with zero attached hydrogens (tertiary/aromatic N) is 1. The molecule has 1 aromatic heterocycles. The van der Waals surface area contributed by atoms with Crippen LogP contribution in [0.25, 0.3) is 22.5 Å². The van der Waals surface area contributed by atoms with Crippen molar-refractivity contribution in [1.82, 2.24) is 5.16 Å². The standard InChI is InChI=1S/C24H20ClNO4/c1-15-23(17-5-9-19(28-2)10-6-17)24(30-26-15)21-12-11-20(13-22(21)27)29-14-16-3-7-18(25)8-4-16/h3-13,27H,14H2,1-2H3. The van der Waals surface area contributed by atoms with Crippen molar-refractivity contribution in [3.05, 3.63) is 83.0 Å². The van der Waals surface area contributed by atoms with E-state index in [-0.39, 0.29) is 5.75 Å². The number of rotatable bonds is 6. The number of aromatic nitrogens is 1. The maximum atomic E-state index is 10.6. The molecule has 0 amide bonds. The summed E-state index contributed by atoms with van der Waals surface area (Å²) in [6.45, 7) is 2.24. The predicted molar refractivity (Wildman–Crippen MR) is 116 cm³/mol. The first-order chi connectivity index (χ1) is 14.5. The first-order valence-corrected chi connectivity index (χ1v) is 9.74. The Morgan fingerprint density at radius 2 is 1.67 bits per heavy atom. The third-order valence-electron chi connectivity index (χ3n) is 4.77. The summed E-state index contributed by atoms with van der Waals surface area (Å²) in [5, 5.41) is 15.4. The molecule has 1 N–H and O–H groups in total. The van der Waals surface area contributed by atoms with E-state index < -0.39 is 0 Å². The molecule has 0 radical (unpaired) electrons. The molecule has 6 heteroatoms. The summed E-state index contributed by atoms with van der Waals surface area (Å²) >= 11 is 5.90. The average molecular weight is 422 g/mol. The van der Waals surface area contributed by atoms with E-state index in [1.54, 1.807) is 25.3 Å². The molecule has 0 saturated carbocycles. The van der Waals surface area contributed by atoms with Crippen LogP contribution in [-0.2, 0) is 6.61 Å². The van der Waals surface area contributed by atoms with Crippen molar-refractivity contribution in [3.63, 3.8) is 0 Å². The van der Waals surface area contributed by atoms with Crippen molar-refractivity contribution in [2.75, 3.05) is 7.11 Å². The topological polar surface area (TPSA) is 64.7 Å². The quantitative estimate of drug-likeness (QED) is 0.397. The monoisotopic (exact) mass is 421 g/mol. The van der Waals surface area contributed by atoms with E-state index in [1.165, 1.54) is 0 Å². The van der Waals surface area contributed by atoms with Crippen molar-refractivity contribution in [1.29, 1.82) is 0 Å². The lowest BCUT2D eigenvalue weighted by atomic mass is 9.99. The first kappa shape index (κ1) is 19.9. The molecule has 0 unspecified atom stereocenters. The Morgan fingerprint density at radius 1 is 0.967 bits per heavy atom. The van der Waals surface area contributed by atoms with Crippen LogP contribution in [0.1, 0.15) is 11.3 Å². The third-order valence-corrected chi connectivity index (χ3v) is 5.03. The Morgan fingerprint density at radius 3 is 2.33 bits per heavy atom. The highest BCUT2D eigenvalue weighted by Crippen LogP contribution is 2.40. The third kappa shape index (κ3) is 4.11. The number of aromatic hydroxyl groups is 1. The maximum Gasteiger partial charge on any atom is 0.178 e. The fourth-order valence-corrected chi connectivity index (χ4v) is 3.32. The zero-order valence-corrected chi connectivity index (χ0v) is 17.3. The van der Waals surface area contributed by atoms with Gasteiger partial charge in [0.25, 0.3) is 0 Å². The van der Waals surface area contributed by atoms with Gasteiger partial charge in [-0.1, -0.05) is 41.0 Å². The lowest BCUT2D eigenvalue weighted by Gasteiger charge is -2.10. The highest BCUT2D eigenvalue weighted by atomic mass is 35.5. The van der Waals surface area contributed by atoms with Crippen molar-refractivity contribution < 1.29 is 19.1 Å². The molecule has 0 bridgehead atoms. The number of methoxy groups -OCH3 is 1. The summed E-state index contributed by atoms with van der Waals surface area (Å²) in [5.74, 6) is 1.86. The number of halogens is 1. The highest BCUT2D eigenvalue weighted by molar-refractivity contribution is 6.30. The second kappa shape index (κ2) is 8.51. The fraction of sp³-hybridized carbons (Fsp3) is 0.125. The van der Waals surface area contributed by atoms with Crippen molar-refractivity contribution >= 4 is 11.6 Å². The minimum Gasteiger partial charge on any atom is -0.507 e. The fourth-order valence-electron chi connectivity index (χ4n) is 3.19. The van der Waals surface area contributed by atoms with Crippen molar-refractivity contribution in [2.45, 2.75) is 13.5 Å². The van der Waals surface area contributed by atoms with Gasteiger partial charge >= 0.3 is 0 Å². The van der Waals surface area contributed by atoms with Gasteiger partial charge in [0.2, 0.25) is 0 Å². The summed E-state index contributed by atoms with van der Waals surface area (Å²) in [5.41, 5.74) is 4.00. The van der Waals surface area contributed by atoms with Crippen LogP contribution in [0.15, 0.2) is 71.3 Å². The molecule has 0 saturated heterocycles. The van der Waals surface area contributed by atoms with E-state index in [1.807, 2.05) is 55.5 Å². The Labute approximate surface area is 179 Å². The first-order valence-electron chi connectivity index (χ1n) is 9.36.